The number of pyridine rings is 1. The van der Waals surface area contributed by atoms with Gasteiger partial charge in [-0.3, -0.25) is 9.63 Å². The summed E-state index contributed by atoms with van der Waals surface area (Å²) >= 11 is 0. The van der Waals surface area contributed by atoms with Crippen LogP contribution in [0.4, 0.5) is 4.79 Å². The molecule has 0 aliphatic carbocycles. The molecule has 9 heteroatoms. The molecule has 1 aromatic rings. The third-order valence-electron chi connectivity index (χ3n) is 2.05. The highest BCUT2D eigenvalue weighted by Crippen LogP contribution is 2.28. The quantitative estimate of drug-likeness (QED) is 0.418. The zero-order chi connectivity index (χ0) is 17.1. The van der Waals surface area contributed by atoms with Crippen LogP contribution in [0.3, 0.4) is 0 Å². The standard InChI is InChI=1S/C14H21N3O4S2/c1-14(2,3)21-13(19)17-20-10-11(18)15-8-9-22-23-12-6-4-5-7-16-12/h4-7H,8-10H2,1-3H3,(H,15,18)(H,17,19). The van der Waals surface area contributed by atoms with E-state index < -0.39 is 11.7 Å². The SMILES string of the molecule is CC(C)(C)OC(=O)NOCC(=O)NCCSSc1ccccn1. The number of aromatic nitrogens is 1. The maximum Gasteiger partial charge on any atom is 0.431 e. The molecule has 128 valence electrons. The zero-order valence-electron chi connectivity index (χ0n) is 13.3. The molecule has 2 amide bonds. The summed E-state index contributed by atoms with van der Waals surface area (Å²) in [7, 11) is 3.14. The van der Waals surface area contributed by atoms with E-state index in [9.17, 15) is 9.59 Å². The summed E-state index contributed by atoms with van der Waals surface area (Å²) in [5.41, 5.74) is 1.44. The van der Waals surface area contributed by atoms with Crippen molar-refractivity contribution >= 4 is 33.6 Å². The minimum absolute atomic E-state index is 0.267. The molecule has 0 aliphatic heterocycles. The van der Waals surface area contributed by atoms with E-state index in [1.807, 2.05) is 18.2 Å². The number of ether oxygens (including phenoxy) is 1. The summed E-state index contributed by atoms with van der Waals surface area (Å²) in [6.45, 7) is 5.44. The fraction of sp³-hybridized carbons (Fsp3) is 0.500. The zero-order valence-corrected chi connectivity index (χ0v) is 15.0. The topological polar surface area (TPSA) is 89.5 Å². The first-order valence-corrected chi connectivity index (χ1v) is 9.27. The van der Waals surface area contributed by atoms with Gasteiger partial charge in [-0.2, -0.15) is 5.48 Å². The van der Waals surface area contributed by atoms with E-state index in [-0.39, 0.29) is 12.5 Å². The predicted molar refractivity (Wildman–Crippen MR) is 90.9 cm³/mol. The van der Waals surface area contributed by atoms with E-state index in [0.29, 0.717) is 6.54 Å². The second-order valence-corrected chi connectivity index (χ2v) is 7.75. The Hall–Kier alpha value is -1.45. The molecular weight excluding hydrogens is 338 g/mol. The molecule has 1 aromatic heterocycles. The second-order valence-electron chi connectivity index (χ2n) is 5.32. The maximum atomic E-state index is 11.5. The minimum Gasteiger partial charge on any atom is -0.442 e. The molecule has 2 N–H and O–H groups in total. The van der Waals surface area contributed by atoms with Crippen LogP contribution in [0.15, 0.2) is 29.4 Å². The lowest BCUT2D eigenvalue weighted by Crippen LogP contribution is -2.36. The molecule has 0 fully saturated rings. The first kappa shape index (κ1) is 19.6. The lowest BCUT2D eigenvalue weighted by molar-refractivity contribution is -0.127. The molecule has 1 heterocycles. The highest BCUT2D eigenvalue weighted by Gasteiger charge is 2.16. The molecule has 7 nitrogen and oxygen atoms in total. The summed E-state index contributed by atoms with van der Waals surface area (Å²) in [6.07, 6.45) is 1.01. The lowest BCUT2D eigenvalue weighted by atomic mass is 10.2. The predicted octanol–water partition coefficient (Wildman–Crippen LogP) is 2.39. The van der Waals surface area contributed by atoms with E-state index in [4.69, 9.17) is 9.57 Å². The van der Waals surface area contributed by atoms with E-state index in [1.54, 1.807) is 48.6 Å². The smallest absolute Gasteiger partial charge is 0.431 e. The van der Waals surface area contributed by atoms with Crippen LogP contribution >= 0.6 is 21.6 Å². The van der Waals surface area contributed by atoms with Crippen LogP contribution in [0.25, 0.3) is 0 Å². The number of amides is 2. The Morgan fingerprint density at radius 1 is 1.30 bits per heavy atom. The fourth-order valence-corrected chi connectivity index (χ4v) is 3.03. The van der Waals surface area contributed by atoms with Crippen LogP contribution in [0.5, 0.6) is 0 Å². The van der Waals surface area contributed by atoms with Crippen molar-refractivity contribution in [2.75, 3.05) is 18.9 Å². The number of nitrogens with zero attached hydrogens (tertiary/aromatic N) is 1. The van der Waals surface area contributed by atoms with E-state index in [1.165, 1.54) is 0 Å². The van der Waals surface area contributed by atoms with Crippen molar-refractivity contribution in [2.24, 2.45) is 0 Å². The van der Waals surface area contributed by atoms with Gasteiger partial charge in [0.25, 0.3) is 0 Å². The number of hydrogen-bond donors (Lipinski definition) is 2. The van der Waals surface area contributed by atoms with Crippen molar-refractivity contribution in [1.82, 2.24) is 15.8 Å². The van der Waals surface area contributed by atoms with Gasteiger partial charge in [0.2, 0.25) is 5.91 Å². The number of carbonyl (C=O) groups is 2. The molecule has 0 saturated carbocycles. The summed E-state index contributed by atoms with van der Waals surface area (Å²) in [6, 6.07) is 5.71. The number of rotatable bonds is 8. The highest BCUT2D eigenvalue weighted by molar-refractivity contribution is 8.76. The Bertz CT molecular complexity index is 495. The van der Waals surface area contributed by atoms with Gasteiger partial charge in [-0.25, -0.2) is 9.78 Å². The summed E-state index contributed by atoms with van der Waals surface area (Å²) < 4.78 is 4.96. The molecule has 1 rings (SSSR count). The molecule has 0 atom stereocenters. The molecular formula is C14H21N3O4S2. The van der Waals surface area contributed by atoms with Gasteiger partial charge in [0.1, 0.15) is 10.6 Å². The van der Waals surface area contributed by atoms with Gasteiger partial charge >= 0.3 is 6.09 Å². The Balaban J connectivity index is 2.01. The van der Waals surface area contributed by atoms with Crippen LogP contribution in [-0.4, -0.2) is 41.5 Å². The number of hydroxylamine groups is 1. The third kappa shape index (κ3) is 10.8. The van der Waals surface area contributed by atoms with Gasteiger partial charge < -0.3 is 10.1 Å². The number of nitrogens with one attached hydrogen (secondary N) is 2. The van der Waals surface area contributed by atoms with Crippen molar-refractivity contribution in [2.45, 2.75) is 31.4 Å². The van der Waals surface area contributed by atoms with Gasteiger partial charge in [-0.15, -0.1) is 0 Å². The molecule has 0 aliphatic rings. The normalized spacial score (nSPS) is 10.9. The van der Waals surface area contributed by atoms with Crippen LogP contribution < -0.4 is 10.8 Å². The van der Waals surface area contributed by atoms with Gasteiger partial charge in [-0.05, 0) is 43.7 Å². The van der Waals surface area contributed by atoms with Gasteiger partial charge in [-0.1, -0.05) is 16.9 Å². The van der Waals surface area contributed by atoms with E-state index in [2.05, 4.69) is 15.8 Å². The Morgan fingerprint density at radius 2 is 2.09 bits per heavy atom. The average Bonchev–Trinajstić information content (AvgIpc) is 2.46. The summed E-state index contributed by atoms with van der Waals surface area (Å²) in [5.74, 6) is 0.413. The van der Waals surface area contributed by atoms with Crippen molar-refractivity contribution in [1.29, 1.82) is 0 Å². The largest absolute Gasteiger partial charge is 0.442 e. The van der Waals surface area contributed by atoms with Crippen LogP contribution in [-0.2, 0) is 14.4 Å². The fourth-order valence-electron chi connectivity index (χ4n) is 1.24. The monoisotopic (exact) mass is 359 g/mol. The maximum absolute atomic E-state index is 11.5. The first-order valence-electron chi connectivity index (χ1n) is 6.95. The Kier molecular flexibility index (Phi) is 8.82. The first-order chi connectivity index (χ1) is 10.9. The van der Waals surface area contributed by atoms with Gasteiger partial charge in [0.05, 0.1) is 0 Å². The van der Waals surface area contributed by atoms with Gasteiger partial charge in [0, 0.05) is 18.5 Å². The summed E-state index contributed by atoms with van der Waals surface area (Å²) in [4.78, 5) is 31.7. The van der Waals surface area contributed by atoms with Crippen LogP contribution in [0.1, 0.15) is 20.8 Å². The average molecular weight is 359 g/mol. The van der Waals surface area contributed by atoms with Crippen molar-refractivity contribution in [3.05, 3.63) is 24.4 Å². The highest BCUT2D eigenvalue weighted by atomic mass is 33.1. The molecule has 0 aromatic carbocycles. The van der Waals surface area contributed by atoms with Crippen molar-refractivity contribution in [3.63, 3.8) is 0 Å². The van der Waals surface area contributed by atoms with Crippen LogP contribution in [0, 0.1) is 0 Å². The number of hydrogen-bond acceptors (Lipinski definition) is 7. The number of carbonyl (C=O) groups excluding carboxylic acids is 2. The Labute approximate surface area is 143 Å². The van der Waals surface area contributed by atoms with Crippen LogP contribution in [0.2, 0.25) is 0 Å². The van der Waals surface area contributed by atoms with Crippen molar-refractivity contribution in [3.8, 4) is 0 Å². The summed E-state index contributed by atoms with van der Waals surface area (Å²) in [5, 5.41) is 3.61. The molecule has 0 bridgehead atoms. The minimum atomic E-state index is -0.729. The van der Waals surface area contributed by atoms with Crippen molar-refractivity contribution < 1.29 is 19.2 Å². The molecule has 0 unspecified atom stereocenters. The van der Waals surface area contributed by atoms with E-state index in [0.717, 1.165) is 10.8 Å². The molecule has 0 spiro atoms. The lowest BCUT2D eigenvalue weighted by Gasteiger charge is -2.19. The van der Waals surface area contributed by atoms with E-state index >= 15 is 0 Å². The molecule has 0 radical (unpaired) electrons. The third-order valence-corrected chi connectivity index (χ3v) is 4.31. The van der Waals surface area contributed by atoms with Gasteiger partial charge in [0.15, 0.2) is 6.61 Å². The second kappa shape index (κ2) is 10.3. The Morgan fingerprint density at radius 3 is 2.74 bits per heavy atom. The molecule has 23 heavy (non-hydrogen) atoms. The molecule has 0 saturated heterocycles.